The summed E-state index contributed by atoms with van der Waals surface area (Å²) in [7, 11) is 0. The van der Waals surface area contributed by atoms with Crippen molar-refractivity contribution in [2.45, 2.75) is 25.7 Å². The molecule has 3 aromatic heterocycles. The Balaban J connectivity index is 1.59. The first-order chi connectivity index (χ1) is 13.3. The maximum absolute atomic E-state index is 4.95. The van der Waals surface area contributed by atoms with E-state index in [1.54, 1.807) is 0 Å². The molecular weight excluding hydrogens is 350 g/mol. The maximum atomic E-state index is 4.95. The fraction of sp³-hybridized carbons (Fsp3) is 0.174. The molecule has 0 aliphatic heterocycles. The lowest BCUT2D eigenvalue weighted by molar-refractivity contribution is 1.16. The number of benzene rings is 2. The van der Waals surface area contributed by atoms with Gasteiger partial charge in [-0.2, -0.15) is 0 Å². The highest BCUT2D eigenvalue weighted by atomic mass is 32.1. The molecule has 3 nitrogen and oxygen atoms in total. The van der Waals surface area contributed by atoms with Crippen molar-refractivity contribution in [3.05, 3.63) is 66.0 Å². The molecule has 0 N–H and O–H groups in total. The summed E-state index contributed by atoms with van der Waals surface area (Å²) < 4.78 is 1.39. The Kier molecular flexibility index (Phi) is 3.14. The van der Waals surface area contributed by atoms with E-state index in [1.807, 2.05) is 23.6 Å². The molecule has 1 aliphatic rings. The smallest absolute Gasteiger partial charge is 0.161 e. The molecule has 0 radical (unpaired) electrons. The lowest BCUT2D eigenvalue weighted by Gasteiger charge is -2.05. The summed E-state index contributed by atoms with van der Waals surface area (Å²) in [4.78, 5) is 15.4. The second kappa shape index (κ2) is 5.57. The highest BCUT2D eigenvalue weighted by molar-refractivity contribution is 7.25. The van der Waals surface area contributed by atoms with Crippen LogP contribution in [0.1, 0.15) is 30.0 Å². The topological polar surface area (TPSA) is 38.7 Å². The van der Waals surface area contributed by atoms with Gasteiger partial charge in [-0.1, -0.05) is 36.4 Å². The van der Waals surface area contributed by atoms with Gasteiger partial charge in [0, 0.05) is 32.6 Å². The number of thiophene rings is 1. The van der Waals surface area contributed by atoms with Crippen LogP contribution in [0.5, 0.6) is 0 Å². The predicted octanol–water partition coefficient (Wildman–Crippen LogP) is 6.25. The number of aryl methyl sites for hydroxylation is 1. The van der Waals surface area contributed by atoms with E-state index in [2.05, 4.69) is 54.4 Å². The van der Waals surface area contributed by atoms with Crippen LogP contribution in [0.25, 0.3) is 42.6 Å². The molecule has 3 heterocycles. The molecule has 0 spiro atoms. The average molecular weight is 367 g/mol. The van der Waals surface area contributed by atoms with Crippen molar-refractivity contribution in [3.8, 4) is 11.4 Å². The molecule has 0 unspecified atom stereocenters. The molecule has 6 rings (SSSR count). The molecule has 5 aromatic rings. The van der Waals surface area contributed by atoms with Crippen LogP contribution in [0.15, 0.2) is 54.7 Å². The largest absolute Gasteiger partial charge is 0.256 e. The standard InChI is InChI=1S/C23H17N3S/c1-13-20-18-6-2-5-17(14-7-8-14)21(18)27-23(20)26-22(25-13)16-10-9-15-4-3-11-24-19(15)12-16/h2-6,9-12,14H,7-8H2,1H3. The van der Waals surface area contributed by atoms with Gasteiger partial charge in [0.2, 0.25) is 0 Å². The van der Waals surface area contributed by atoms with Crippen molar-refractivity contribution in [2.75, 3.05) is 0 Å². The Morgan fingerprint density at radius 2 is 1.93 bits per heavy atom. The Labute approximate surface area is 160 Å². The molecule has 0 amide bonds. The molecule has 0 saturated heterocycles. The SMILES string of the molecule is Cc1nc(-c2ccc3cccnc3c2)nc2sc3c(C4CC4)cccc3c12. The van der Waals surface area contributed by atoms with Crippen molar-refractivity contribution in [1.29, 1.82) is 0 Å². The van der Waals surface area contributed by atoms with Crippen LogP contribution in [0.2, 0.25) is 0 Å². The molecular formula is C23H17N3S. The first-order valence-corrected chi connectivity index (χ1v) is 10.1. The monoisotopic (exact) mass is 367 g/mol. The minimum atomic E-state index is 0.737. The Morgan fingerprint density at radius 1 is 1.00 bits per heavy atom. The van der Waals surface area contributed by atoms with Crippen molar-refractivity contribution in [2.24, 2.45) is 0 Å². The van der Waals surface area contributed by atoms with Crippen LogP contribution in [-0.2, 0) is 0 Å². The van der Waals surface area contributed by atoms with Crippen molar-refractivity contribution < 1.29 is 0 Å². The minimum Gasteiger partial charge on any atom is -0.256 e. The van der Waals surface area contributed by atoms with Crippen LogP contribution >= 0.6 is 11.3 Å². The van der Waals surface area contributed by atoms with Gasteiger partial charge in [-0.15, -0.1) is 11.3 Å². The molecule has 27 heavy (non-hydrogen) atoms. The summed E-state index contributed by atoms with van der Waals surface area (Å²) in [5, 5.41) is 3.65. The lowest BCUT2D eigenvalue weighted by atomic mass is 10.1. The zero-order chi connectivity index (χ0) is 18.0. The van der Waals surface area contributed by atoms with E-state index in [1.165, 1.54) is 33.9 Å². The van der Waals surface area contributed by atoms with Crippen LogP contribution < -0.4 is 0 Å². The first kappa shape index (κ1) is 15.2. The number of aromatic nitrogens is 3. The first-order valence-electron chi connectivity index (χ1n) is 9.33. The van der Waals surface area contributed by atoms with E-state index in [0.29, 0.717) is 0 Å². The van der Waals surface area contributed by atoms with Crippen molar-refractivity contribution >= 4 is 42.5 Å². The third-order valence-corrected chi connectivity index (χ3v) is 6.60. The summed E-state index contributed by atoms with van der Waals surface area (Å²) in [5.41, 5.74) is 4.54. The van der Waals surface area contributed by atoms with E-state index in [0.717, 1.165) is 38.7 Å². The van der Waals surface area contributed by atoms with E-state index >= 15 is 0 Å². The number of rotatable bonds is 2. The highest BCUT2D eigenvalue weighted by Crippen LogP contribution is 2.47. The molecule has 2 aromatic carbocycles. The van der Waals surface area contributed by atoms with E-state index in [9.17, 15) is 0 Å². The van der Waals surface area contributed by atoms with E-state index < -0.39 is 0 Å². The van der Waals surface area contributed by atoms with Gasteiger partial charge in [-0.3, -0.25) is 4.98 Å². The molecule has 1 fully saturated rings. The number of nitrogens with zero attached hydrogens (tertiary/aromatic N) is 3. The molecule has 4 heteroatoms. The molecule has 0 atom stereocenters. The second-order valence-electron chi connectivity index (χ2n) is 7.32. The maximum Gasteiger partial charge on any atom is 0.161 e. The molecule has 1 aliphatic carbocycles. The summed E-state index contributed by atoms with van der Waals surface area (Å²) in [6, 6.07) is 17.0. The van der Waals surface area contributed by atoms with Gasteiger partial charge in [0.1, 0.15) is 4.83 Å². The third-order valence-electron chi connectivity index (χ3n) is 5.45. The van der Waals surface area contributed by atoms with Crippen LogP contribution in [0, 0.1) is 6.92 Å². The Morgan fingerprint density at radius 3 is 2.81 bits per heavy atom. The number of fused-ring (bicyclic) bond motifs is 4. The van der Waals surface area contributed by atoms with Gasteiger partial charge in [0.15, 0.2) is 5.82 Å². The van der Waals surface area contributed by atoms with Gasteiger partial charge in [-0.05, 0) is 43.4 Å². The van der Waals surface area contributed by atoms with Gasteiger partial charge >= 0.3 is 0 Å². The van der Waals surface area contributed by atoms with E-state index in [-0.39, 0.29) is 0 Å². The second-order valence-corrected chi connectivity index (χ2v) is 8.32. The summed E-state index contributed by atoms with van der Waals surface area (Å²) in [6.45, 7) is 2.10. The van der Waals surface area contributed by atoms with Crippen LogP contribution in [0.4, 0.5) is 0 Å². The fourth-order valence-electron chi connectivity index (χ4n) is 3.94. The summed E-state index contributed by atoms with van der Waals surface area (Å²) in [6.07, 6.45) is 4.45. The predicted molar refractivity (Wildman–Crippen MR) is 112 cm³/mol. The van der Waals surface area contributed by atoms with Crippen molar-refractivity contribution in [3.63, 3.8) is 0 Å². The zero-order valence-corrected chi connectivity index (χ0v) is 15.8. The summed E-state index contributed by atoms with van der Waals surface area (Å²) >= 11 is 1.82. The summed E-state index contributed by atoms with van der Waals surface area (Å²) in [5.74, 6) is 1.52. The quantitative estimate of drug-likeness (QED) is 0.370. The fourth-order valence-corrected chi connectivity index (χ4v) is 5.26. The number of hydrogen-bond acceptors (Lipinski definition) is 4. The minimum absolute atomic E-state index is 0.737. The normalized spacial score (nSPS) is 14.4. The van der Waals surface area contributed by atoms with Gasteiger partial charge < -0.3 is 0 Å². The van der Waals surface area contributed by atoms with Gasteiger partial charge in [0.05, 0.1) is 11.2 Å². The molecule has 1 saturated carbocycles. The lowest BCUT2D eigenvalue weighted by Crippen LogP contribution is -1.92. The highest BCUT2D eigenvalue weighted by Gasteiger charge is 2.26. The van der Waals surface area contributed by atoms with Crippen LogP contribution in [0.3, 0.4) is 0 Å². The Hall–Kier alpha value is -2.85. The zero-order valence-electron chi connectivity index (χ0n) is 14.9. The van der Waals surface area contributed by atoms with Crippen molar-refractivity contribution in [1.82, 2.24) is 15.0 Å². The van der Waals surface area contributed by atoms with Gasteiger partial charge in [0.25, 0.3) is 0 Å². The molecule has 0 bridgehead atoms. The van der Waals surface area contributed by atoms with Gasteiger partial charge in [-0.25, -0.2) is 9.97 Å². The Bertz CT molecular complexity index is 1350. The molecule has 130 valence electrons. The average Bonchev–Trinajstić information content (AvgIpc) is 3.47. The third kappa shape index (κ3) is 2.37. The van der Waals surface area contributed by atoms with E-state index in [4.69, 9.17) is 9.97 Å². The number of hydrogen-bond donors (Lipinski definition) is 0. The van der Waals surface area contributed by atoms with Crippen LogP contribution in [-0.4, -0.2) is 15.0 Å². The number of pyridine rings is 1.